The Kier molecular flexibility index (Phi) is 4.16. The summed E-state index contributed by atoms with van der Waals surface area (Å²) in [5, 5.41) is 12.9. The van der Waals surface area contributed by atoms with Gasteiger partial charge in [-0.2, -0.15) is 4.98 Å². The summed E-state index contributed by atoms with van der Waals surface area (Å²) in [6, 6.07) is 15.2. The number of rotatable bonds is 5. The van der Waals surface area contributed by atoms with Crippen molar-refractivity contribution in [3.8, 4) is 17.1 Å². The van der Waals surface area contributed by atoms with Gasteiger partial charge in [0, 0.05) is 12.5 Å². The number of hydrogen-bond donors (Lipinski definition) is 1. The van der Waals surface area contributed by atoms with E-state index in [1.807, 2.05) is 48.5 Å². The molecule has 0 amide bonds. The molecule has 5 nitrogen and oxygen atoms in total. The number of nitrogens with zero attached hydrogens (tertiary/aromatic N) is 2. The lowest BCUT2D eigenvalue weighted by molar-refractivity contribution is 0.281. The smallest absolute Gasteiger partial charge is 0.223 e. The minimum atomic E-state index is 0.0489. The fourth-order valence-corrected chi connectivity index (χ4v) is 2.05. The zero-order chi connectivity index (χ0) is 15.4. The predicted molar refractivity (Wildman–Crippen MR) is 81.2 cm³/mol. The lowest BCUT2D eigenvalue weighted by Crippen LogP contribution is -1.96. The minimum Gasteiger partial charge on any atom is -0.489 e. The number of aromatic nitrogens is 2. The summed E-state index contributed by atoms with van der Waals surface area (Å²) in [5.41, 5.74) is 2.78. The Morgan fingerprint density at radius 3 is 2.55 bits per heavy atom. The van der Waals surface area contributed by atoms with Crippen molar-refractivity contribution in [1.82, 2.24) is 10.1 Å². The highest BCUT2D eigenvalue weighted by Gasteiger charge is 2.06. The monoisotopic (exact) mass is 296 g/mol. The Morgan fingerprint density at radius 2 is 1.86 bits per heavy atom. The maximum atomic E-state index is 9.03. The Balaban J connectivity index is 1.70. The molecular weight excluding hydrogens is 280 g/mol. The molecule has 1 N–H and O–H groups in total. The van der Waals surface area contributed by atoms with Gasteiger partial charge in [0.05, 0.1) is 6.61 Å². The molecule has 0 saturated heterocycles. The minimum absolute atomic E-state index is 0.0489. The van der Waals surface area contributed by atoms with Crippen molar-refractivity contribution in [2.75, 3.05) is 0 Å². The van der Waals surface area contributed by atoms with Crippen molar-refractivity contribution < 1.29 is 14.4 Å². The Hall–Kier alpha value is -2.66. The van der Waals surface area contributed by atoms with Gasteiger partial charge in [0.2, 0.25) is 11.7 Å². The van der Waals surface area contributed by atoms with E-state index in [0.717, 1.165) is 22.4 Å². The molecule has 1 aromatic heterocycles. The second-order valence-electron chi connectivity index (χ2n) is 4.93. The summed E-state index contributed by atoms with van der Waals surface area (Å²) in [7, 11) is 0. The number of hydrogen-bond acceptors (Lipinski definition) is 5. The highest BCUT2D eigenvalue weighted by molar-refractivity contribution is 5.56. The van der Waals surface area contributed by atoms with E-state index in [2.05, 4.69) is 10.1 Å². The first-order chi connectivity index (χ1) is 10.7. The van der Waals surface area contributed by atoms with Gasteiger partial charge in [0.15, 0.2) is 0 Å². The summed E-state index contributed by atoms with van der Waals surface area (Å²) in [5.74, 6) is 1.83. The standard InChI is InChI=1S/C17H16N2O3/c1-12-18-17(19-22-12)15-3-2-4-16(9-15)21-11-14-7-5-13(10-20)6-8-14/h2-9,20H,10-11H2,1H3. The number of aliphatic hydroxyl groups is 1. The van der Waals surface area contributed by atoms with Gasteiger partial charge in [-0.3, -0.25) is 0 Å². The van der Waals surface area contributed by atoms with Crippen LogP contribution in [-0.2, 0) is 13.2 Å². The zero-order valence-corrected chi connectivity index (χ0v) is 12.2. The van der Waals surface area contributed by atoms with Crippen LogP contribution >= 0.6 is 0 Å². The van der Waals surface area contributed by atoms with Gasteiger partial charge in [0.1, 0.15) is 12.4 Å². The van der Waals surface area contributed by atoms with Gasteiger partial charge in [-0.05, 0) is 23.3 Å². The Morgan fingerprint density at radius 1 is 1.09 bits per heavy atom. The van der Waals surface area contributed by atoms with E-state index in [9.17, 15) is 0 Å². The quantitative estimate of drug-likeness (QED) is 0.783. The first-order valence-corrected chi connectivity index (χ1v) is 6.97. The van der Waals surface area contributed by atoms with Crippen LogP contribution in [0.25, 0.3) is 11.4 Å². The van der Waals surface area contributed by atoms with E-state index >= 15 is 0 Å². The third kappa shape index (κ3) is 3.32. The van der Waals surface area contributed by atoms with Crippen molar-refractivity contribution in [3.05, 3.63) is 65.5 Å². The summed E-state index contributed by atoms with van der Waals surface area (Å²) in [4.78, 5) is 4.20. The summed E-state index contributed by atoms with van der Waals surface area (Å²) in [6.07, 6.45) is 0. The largest absolute Gasteiger partial charge is 0.489 e. The van der Waals surface area contributed by atoms with E-state index in [1.54, 1.807) is 6.92 Å². The second kappa shape index (κ2) is 6.41. The highest BCUT2D eigenvalue weighted by Crippen LogP contribution is 2.22. The van der Waals surface area contributed by atoms with Crippen LogP contribution < -0.4 is 4.74 Å². The van der Waals surface area contributed by atoms with Crippen LogP contribution in [0.15, 0.2) is 53.1 Å². The SMILES string of the molecule is Cc1nc(-c2cccc(OCc3ccc(CO)cc3)c2)no1. The van der Waals surface area contributed by atoms with Crippen molar-refractivity contribution >= 4 is 0 Å². The fourth-order valence-electron chi connectivity index (χ4n) is 2.05. The topological polar surface area (TPSA) is 68.4 Å². The molecule has 5 heteroatoms. The molecule has 0 atom stereocenters. The third-order valence-electron chi connectivity index (χ3n) is 3.23. The van der Waals surface area contributed by atoms with E-state index in [-0.39, 0.29) is 6.61 Å². The third-order valence-corrected chi connectivity index (χ3v) is 3.23. The Bertz CT molecular complexity index is 751. The molecule has 3 rings (SSSR count). The fraction of sp³-hybridized carbons (Fsp3) is 0.176. The Labute approximate surface area is 128 Å². The van der Waals surface area contributed by atoms with E-state index in [0.29, 0.717) is 18.3 Å². The molecule has 3 aromatic rings. The molecule has 22 heavy (non-hydrogen) atoms. The van der Waals surface area contributed by atoms with Crippen molar-refractivity contribution in [3.63, 3.8) is 0 Å². The van der Waals surface area contributed by atoms with Gasteiger partial charge < -0.3 is 14.4 Å². The van der Waals surface area contributed by atoms with Crippen LogP contribution in [0.4, 0.5) is 0 Å². The molecule has 1 heterocycles. The van der Waals surface area contributed by atoms with Gasteiger partial charge in [-0.25, -0.2) is 0 Å². The molecule has 0 unspecified atom stereocenters. The summed E-state index contributed by atoms with van der Waals surface area (Å²) in [6.45, 7) is 2.26. The van der Waals surface area contributed by atoms with Crippen LogP contribution in [0, 0.1) is 6.92 Å². The van der Waals surface area contributed by atoms with Crippen LogP contribution in [0.3, 0.4) is 0 Å². The molecular formula is C17H16N2O3. The van der Waals surface area contributed by atoms with Gasteiger partial charge in [0.25, 0.3) is 0 Å². The first kappa shape index (κ1) is 14.3. The van der Waals surface area contributed by atoms with Gasteiger partial charge >= 0.3 is 0 Å². The first-order valence-electron chi connectivity index (χ1n) is 6.97. The van der Waals surface area contributed by atoms with Crippen LogP contribution in [0.1, 0.15) is 17.0 Å². The summed E-state index contributed by atoms with van der Waals surface area (Å²) < 4.78 is 10.8. The molecule has 0 aliphatic rings. The lowest BCUT2D eigenvalue weighted by atomic mass is 10.1. The van der Waals surface area contributed by atoms with Crippen LogP contribution in [0.2, 0.25) is 0 Å². The number of benzene rings is 2. The van der Waals surface area contributed by atoms with E-state index in [1.165, 1.54) is 0 Å². The summed E-state index contributed by atoms with van der Waals surface area (Å²) >= 11 is 0. The van der Waals surface area contributed by atoms with Crippen molar-refractivity contribution in [2.45, 2.75) is 20.1 Å². The van der Waals surface area contributed by atoms with Gasteiger partial charge in [-0.15, -0.1) is 0 Å². The molecule has 112 valence electrons. The normalized spacial score (nSPS) is 10.6. The molecule has 0 saturated carbocycles. The lowest BCUT2D eigenvalue weighted by Gasteiger charge is -2.07. The van der Waals surface area contributed by atoms with Crippen LogP contribution in [0.5, 0.6) is 5.75 Å². The average Bonchev–Trinajstić information content (AvgIpc) is 3.00. The highest BCUT2D eigenvalue weighted by atomic mass is 16.5. The number of aryl methyl sites for hydroxylation is 1. The van der Waals surface area contributed by atoms with Crippen molar-refractivity contribution in [2.24, 2.45) is 0 Å². The maximum absolute atomic E-state index is 9.03. The van der Waals surface area contributed by atoms with E-state index < -0.39 is 0 Å². The zero-order valence-electron chi connectivity index (χ0n) is 12.2. The van der Waals surface area contributed by atoms with Gasteiger partial charge in [-0.1, -0.05) is 41.6 Å². The number of ether oxygens (including phenoxy) is 1. The molecule has 0 radical (unpaired) electrons. The van der Waals surface area contributed by atoms with Crippen molar-refractivity contribution in [1.29, 1.82) is 0 Å². The molecule has 0 aliphatic carbocycles. The second-order valence-corrected chi connectivity index (χ2v) is 4.93. The average molecular weight is 296 g/mol. The molecule has 2 aromatic carbocycles. The van der Waals surface area contributed by atoms with E-state index in [4.69, 9.17) is 14.4 Å². The predicted octanol–water partition coefficient (Wildman–Crippen LogP) is 3.12. The molecule has 0 bridgehead atoms. The van der Waals surface area contributed by atoms with Crippen LogP contribution in [-0.4, -0.2) is 15.2 Å². The molecule has 0 aliphatic heterocycles. The molecule has 0 spiro atoms. The maximum Gasteiger partial charge on any atom is 0.223 e. The molecule has 0 fully saturated rings. The number of aliphatic hydroxyl groups excluding tert-OH is 1.